The first-order valence-corrected chi connectivity index (χ1v) is 11.9. The summed E-state index contributed by atoms with van der Waals surface area (Å²) in [5, 5.41) is 7.48. The second kappa shape index (κ2) is 9.29. The fraction of sp³-hybridized carbons (Fsp3) is 0.292. The lowest BCUT2D eigenvalue weighted by molar-refractivity contribution is 0.0982. The highest BCUT2D eigenvalue weighted by Gasteiger charge is 2.32. The summed E-state index contributed by atoms with van der Waals surface area (Å²) in [5.74, 6) is 0.735. The SMILES string of the molecule is Cc1cc(Nc2ncc3c(n2)N(C)CN(c2c(Cl)cccc2Cl)C3=O)ccc1N1CCNCC1. The Labute approximate surface area is 208 Å². The van der Waals surface area contributed by atoms with Gasteiger partial charge in [-0.1, -0.05) is 29.3 Å². The van der Waals surface area contributed by atoms with Crippen molar-refractivity contribution in [3.8, 4) is 0 Å². The van der Waals surface area contributed by atoms with Gasteiger partial charge in [-0.15, -0.1) is 0 Å². The molecule has 2 N–H and O–H groups in total. The monoisotopic (exact) mass is 497 g/mol. The summed E-state index contributed by atoms with van der Waals surface area (Å²) < 4.78 is 0. The van der Waals surface area contributed by atoms with Crippen LogP contribution in [0.4, 0.5) is 28.8 Å². The van der Waals surface area contributed by atoms with Crippen molar-refractivity contribution in [1.29, 1.82) is 0 Å². The molecule has 176 valence electrons. The van der Waals surface area contributed by atoms with E-state index in [0.717, 1.165) is 31.9 Å². The summed E-state index contributed by atoms with van der Waals surface area (Å²) in [4.78, 5) is 28.1. The van der Waals surface area contributed by atoms with Crippen molar-refractivity contribution in [3.05, 3.63) is 63.8 Å². The van der Waals surface area contributed by atoms with E-state index in [1.807, 2.05) is 18.0 Å². The average Bonchev–Trinajstić information content (AvgIpc) is 2.83. The van der Waals surface area contributed by atoms with E-state index >= 15 is 0 Å². The first kappa shape index (κ1) is 22.7. The van der Waals surface area contributed by atoms with Crippen LogP contribution < -0.4 is 25.3 Å². The number of amides is 1. The number of nitrogens with zero attached hydrogens (tertiary/aromatic N) is 5. The van der Waals surface area contributed by atoms with Crippen LogP contribution in [0.1, 0.15) is 15.9 Å². The molecule has 2 aliphatic rings. The molecule has 1 saturated heterocycles. The van der Waals surface area contributed by atoms with Gasteiger partial charge in [0.25, 0.3) is 5.91 Å². The quantitative estimate of drug-likeness (QED) is 0.556. The van der Waals surface area contributed by atoms with Gasteiger partial charge in [0.15, 0.2) is 0 Å². The minimum atomic E-state index is -0.245. The minimum Gasteiger partial charge on any atom is -0.369 e. The fourth-order valence-electron chi connectivity index (χ4n) is 4.41. The number of rotatable bonds is 4. The fourth-order valence-corrected chi connectivity index (χ4v) is 5.01. The number of anilines is 5. The molecule has 0 unspecified atom stereocenters. The van der Waals surface area contributed by atoms with E-state index in [-0.39, 0.29) is 12.6 Å². The van der Waals surface area contributed by atoms with Gasteiger partial charge >= 0.3 is 0 Å². The number of halogens is 2. The Morgan fingerprint density at radius 3 is 2.53 bits per heavy atom. The Bertz CT molecular complexity index is 1230. The third-order valence-corrected chi connectivity index (χ3v) is 6.69. The van der Waals surface area contributed by atoms with Crippen molar-refractivity contribution >= 4 is 57.9 Å². The van der Waals surface area contributed by atoms with Crippen LogP contribution in [0.2, 0.25) is 10.0 Å². The van der Waals surface area contributed by atoms with Crippen LogP contribution in [0.25, 0.3) is 0 Å². The molecule has 1 amide bonds. The molecule has 10 heteroatoms. The van der Waals surface area contributed by atoms with Crippen molar-refractivity contribution in [2.75, 3.05) is 59.9 Å². The van der Waals surface area contributed by atoms with Gasteiger partial charge in [0.2, 0.25) is 5.95 Å². The van der Waals surface area contributed by atoms with E-state index in [1.165, 1.54) is 11.3 Å². The molecule has 0 radical (unpaired) electrons. The molecule has 0 spiro atoms. The van der Waals surface area contributed by atoms with Crippen LogP contribution in [0, 0.1) is 6.92 Å². The molecule has 0 atom stereocenters. The Morgan fingerprint density at radius 2 is 1.82 bits per heavy atom. The molecule has 0 aliphatic carbocycles. The number of hydrogen-bond acceptors (Lipinski definition) is 7. The predicted molar refractivity (Wildman–Crippen MR) is 138 cm³/mol. The number of hydrogen-bond donors (Lipinski definition) is 2. The van der Waals surface area contributed by atoms with E-state index in [4.69, 9.17) is 23.2 Å². The van der Waals surface area contributed by atoms with E-state index in [2.05, 4.69) is 44.6 Å². The zero-order valence-electron chi connectivity index (χ0n) is 19.0. The molecule has 8 nitrogen and oxygen atoms in total. The van der Waals surface area contributed by atoms with Crippen molar-refractivity contribution < 1.29 is 4.79 Å². The Morgan fingerprint density at radius 1 is 1.09 bits per heavy atom. The average molecular weight is 498 g/mol. The third kappa shape index (κ3) is 4.24. The molecule has 1 fully saturated rings. The summed E-state index contributed by atoms with van der Waals surface area (Å²) in [6, 6.07) is 11.4. The highest BCUT2D eigenvalue weighted by atomic mass is 35.5. The molecule has 1 aromatic heterocycles. The van der Waals surface area contributed by atoms with Crippen LogP contribution in [-0.2, 0) is 0 Å². The maximum atomic E-state index is 13.2. The molecule has 2 aromatic carbocycles. The van der Waals surface area contributed by atoms with Gasteiger partial charge in [-0.05, 0) is 42.8 Å². The normalized spacial score (nSPS) is 16.0. The van der Waals surface area contributed by atoms with Gasteiger partial charge in [0.1, 0.15) is 11.4 Å². The van der Waals surface area contributed by atoms with Crippen molar-refractivity contribution in [2.45, 2.75) is 6.92 Å². The lowest BCUT2D eigenvalue weighted by Gasteiger charge is -2.35. The van der Waals surface area contributed by atoms with Crippen LogP contribution in [0.5, 0.6) is 0 Å². The first-order valence-electron chi connectivity index (χ1n) is 11.1. The van der Waals surface area contributed by atoms with E-state index in [1.54, 1.807) is 29.3 Å². The Hall–Kier alpha value is -3.07. The van der Waals surface area contributed by atoms with Gasteiger partial charge in [0, 0.05) is 50.8 Å². The van der Waals surface area contributed by atoms with Crippen molar-refractivity contribution in [3.63, 3.8) is 0 Å². The zero-order chi connectivity index (χ0) is 23.8. The maximum absolute atomic E-state index is 13.2. The minimum absolute atomic E-state index is 0.245. The van der Waals surface area contributed by atoms with Gasteiger partial charge < -0.3 is 20.4 Å². The molecular weight excluding hydrogens is 473 g/mol. The van der Waals surface area contributed by atoms with Crippen molar-refractivity contribution in [2.24, 2.45) is 0 Å². The van der Waals surface area contributed by atoms with Gasteiger partial charge in [-0.25, -0.2) is 4.98 Å². The molecule has 2 aliphatic heterocycles. The van der Waals surface area contributed by atoms with Gasteiger partial charge in [-0.2, -0.15) is 4.98 Å². The molecule has 0 bridgehead atoms. The number of aromatic nitrogens is 2. The molecule has 3 heterocycles. The predicted octanol–water partition coefficient (Wildman–Crippen LogP) is 4.30. The lowest BCUT2D eigenvalue weighted by Crippen LogP contribution is -2.46. The number of aryl methyl sites for hydroxylation is 1. The Kier molecular flexibility index (Phi) is 6.20. The molecule has 3 aromatic rings. The van der Waals surface area contributed by atoms with E-state index in [0.29, 0.717) is 33.1 Å². The topological polar surface area (TPSA) is 76.6 Å². The number of nitrogens with one attached hydrogen (secondary N) is 2. The Balaban J connectivity index is 1.38. The zero-order valence-corrected chi connectivity index (χ0v) is 20.5. The van der Waals surface area contributed by atoms with E-state index < -0.39 is 0 Å². The summed E-state index contributed by atoms with van der Waals surface area (Å²) in [7, 11) is 1.87. The lowest BCUT2D eigenvalue weighted by atomic mass is 10.1. The summed E-state index contributed by atoms with van der Waals surface area (Å²) in [6.45, 7) is 6.36. The smallest absolute Gasteiger partial charge is 0.265 e. The second-order valence-corrected chi connectivity index (χ2v) is 9.25. The van der Waals surface area contributed by atoms with Gasteiger partial charge in [-0.3, -0.25) is 9.69 Å². The number of para-hydroxylation sites is 1. The molecule has 5 rings (SSSR count). The molecular formula is C24H25Cl2N7O. The maximum Gasteiger partial charge on any atom is 0.265 e. The highest BCUT2D eigenvalue weighted by molar-refractivity contribution is 6.40. The largest absolute Gasteiger partial charge is 0.369 e. The second-order valence-electron chi connectivity index (χ2n) is 8.44. The van der Waals surface area contributed by atoms with Crippen LogP contribution >= 0.6 is 23.2 Å². The highest BCUT2D eigenvalue weighted by Crippen LogP contribution is 2.37. The van der Waals surface area contributed by atoms with Crippen LogP contribution in [0.3, 0.4) is 0 Å². The first-order chi connectivity index (χ1) is 16.4. The molecule has 0 saturated carbocycles. The summed E-state index contributed by atoms with van der Waals surface area (Å²) in [6.07, 6.45) is 1.54. The molecule has 34 heavy (non-hydrogen) atoms. The third-order valence-electron chi connectivity index (χ3n) is 6.08. The number of fused-ring (bicyclic) bond motifs is 1. The number of benzene rings is 2. The summed E-state index contributed by atoms with van der Waals surface area (Å²) >= 11 is 12.7. The van der Waals surface area contributed by atoms with Crippen LogP contribution in [0.15, 0.2) is 42.6 Å². The standard InChI is InChI=1S/C24H25Cl2N7O/c1-15-12-16(6-7-20(15)32-10-8-27-9-11-32)29-24-28-13-17-22(30-24)31(2)14-33(23(17)34)21-18(25)4-3-5-19(21)26/h3-7,12-13,27H,8-11,14H2,1-2H3,(H,28,29,30). The summed E-state index contributed by atoms with van der Waals surface area (Å²) in [5.41, 5.74) is 4.19. The van der Waals surface area contributed by atoms with E-state index in [9.17, 15) is 4.79 Å². The van der Waals surface area contributed by atoms with Gasteiger partial charge in [0.05, 0.1) is 22.4 Å². The number of carbonyl (C=O) groups excluding carboxylic acids is 1. The van der Waals surface area contributed by atoms with Crippen LogP contribution in [-0.4, -0.2) is 55.8 Å². The number of carbonyl (C=O) groups is 1. The number of piperazine rings is 1. The van der Waals surface area contributed by atoms with Crippen molar-refractivity contribution in [1.82, 2.24) is 15.3 Å².